The first-order valence-electron chi connectivity index (χ1n) is 4.93. The lowest BCUT2D eigenvalue weighted by molar-refractivity contribution is 0.0960. The van der Waals surface area contributed by atoms with E-state index in [4.69, 9.17) is 0 Å². The summed E-state index contributed by atoms with van der Waals surface area (Å²) in [7, 11) is 0. The minimum atomic E-state index is 0.0202. The highest BCUT2D eigenvalue weighted by Gasteiger charge is 2.08. The predicted molar refractivity (Wildman–Crippen MR) is 60.1 cm³/mol. The van der Waals surface area contributed by atoms with E-state index in [1.807, 2.05) is 56.6 Å². The van der Waals surface area contributed by atoms with Gasteiger partial charge < -0.3 is 0 Å². The second-order valence-corrected chi connectivity index (χ2v) is 3.70. The van der Waals surface area contributed by atoms with E-state index < -0.39 is 0 Å². The van der Waals surface area contributed by atoms with Crippen LogP contribution < -0.4 is 0 Å². The summed E-state index contributed by atoms with van der Waals surface area (Å²) in [5, 5.41) is 0. The molecule has 0 spiro atoms. The minimum absolute atomic E-state index is 0.0202. The lowest BCUT2D eigenvalue weighted by atomic mass is 10.2. The van der Waals surface area contributed by atoms with Gasteiger partial charge in [0.2, 0.25) is 0 Å². The lowest BCUT2D eigenvalue weighted by Crippen LogP contribution is -2.09. The van der Waals surface area contributed by atoms with Crippen molar-refractivity contribution in [2.75, 3.05) is 0 Å². The summed E-state index contributed by atoms with van der Waals surface area (Å²) in [6, 6.07) is 9.30. The van der Waals surface area contributed by atoms with Crippen molar-refractivity contribution in [3.05, 3.63) is 59.4 Å². The third-order valence-electron chi connectivity index (χ3n) is 2.54. The van der Waals surface area contributed by atoms with Gasteiger partial charge in [0.15, 0.2) is 0 Å². The second-order valence-electron chi connectivity index (χ2n) is 3.70. The molecule has 0 bridgehead atoms. The molecule has 2 rings (SSSR count). The van der Waals surface area contributed by atoms with Crippen LogP contribution in [0.1, 0.15) is 21.5 Å². The van der Waals surface area contributed by atoms with Gasteiger partial charge in [0.05, 0.1) is 0 Å². The van der Waals surface area contributed by atoms with Crippen LogP contribution in [0.25, 0.3) is 0 Å². The Morgan fingerprint density at radius 1 is 1.00 bits per heavy atom. The number of nitrogens with zero attached hydrogens (tertiary/aromatic N) is 1. The molecule has 2 aromatic rings. The van der Waals surface area contributed by atoms with Crippen molar-refractivity contribution in [3.8, 4) is 0 Å². The summed E-state index contributed by atoms with van der Waals surface area (Å²) in [5.74, 6) is 0.0202. The van der Waals surface area contributed by atoms with Gasteiger partial charge in [-0.2, -0.15) is 0 Å². The summed E-state index contributed by atoms with van der Waals surface area (Å²) < 4.78 is 1.64. The van der Waals surface area contributed by atoms with E-state index in [9.17, 15) is 4.79 Å². The zero-order valence-electron chi connectivity index (χ0n) is 8.90. The van der Waals surface area contributed by atoms with Crippen molar-refractivity contribution in [1.29, 1.82) is 0 Å². The Morgan fingerprint density at radius 3 is 2.07 bits per heavy atom. The van der Waals surface area contributed by atoms with Crippen molar-refractivity contribution >= 4 is 5.91 Å². The van der Waals surface area contributed by atoms with Crippen LogP contribution in [0.15, 0.2) is 42.7 Å². The van der Waals surface area contributed by atoms with Crippen LogP contribution in [0.2, 0.25) is 0 Å². The number of hydrogen-bond acceptors (Lipinski definition) is 1. The van der Waals surface area contributed by atoms with Crippen molar-refractivity contribution in [2.45, 2.75) is 13.8 Å². The fourth-order valence-corrected chi connectivity index (χ4v) is 1.51. The first-order chi connectivity index (χ1) is 7.18. The monoisotopic (exact) mass is 199 g/mol. The molecule has 2 nitrogen and oxygen atoms in total. The maximum Gasteiger partial charge on any atom is 0.261 e. The topological polar surface area (TPSA) is 22.0 Å². The Hall–Kier alpha value is -1.83. The zero-order chi connectivity index (χ0) is 10.8. The molecule has 0 aliphatic carbocycles. The molecule has 0 fully saturated rings. The average Bonchev–Trinajstić information content (AvgIpc) is 2.59. The number of hydrogen-bond donors (Lipinski definition) is 0. The van der Waals surface area contributed by atoms with E-state index >= 15 is 0 Å². The predicted octanol–water partition coefficient (Wildman–Crippen LogP) is 2.79. The molecule has 0 aliphatic heterocycles. The molecular weight excluding hydrogens is 186 g/mol. The Kier molecular flexibility index (Phi) is 2.42. The third-order valence-corrected chi connectivity index (χ3v) is 2.54. The van der Waals surface area contributed by atoms with Crippen molar-refractivity contribution in [1.82, 2.24) is 4.57 Å². The second kappa shape index (κ2) is 3.73. The quantitative estimate of drug-likeness (QED) is 0.692. The van der Waals surface area contributed by atoms with Crippen molar-refractivity contribution < 1.29 is 4.79 Å². The molecule has 15 heavy (non-hydrogen) atoms. The van der Waals surface area contributed by atoms with Crippen LogP contribution in [-0.4, -0.2) is 10.5 Å². The molecule has 0 saturated carbocycles. The summed E-state index contributed by atoms with van der Waals surface area (Å²) >= 11 is 0. The van der Waals surface area contributed by atoms with E-state index in [1.54, 1.807) is 4.57 Å². The molecule has 0 amide bonds. The molecule has 0 atom stereocenters. The van der Waals surface area contributed by atoms with Gasteiger partial charge in [-0.25, -0.2) is 0 Å². The molecule has 2 heteroatoms. The maximum atomic E-state index is 12.0. The van der Waals surface area contributed by atoms with Gasteiger partial charge in [0, 0.05) is 18.0 Å². The normalized spacial score (nSPS) is 10.3. The number of benzene rings is 1. The maximum absolute atomic E-state index is 12.0. The highest BCUT2D eigenvalue weighted by atomic mass is 16.2. The molecule has 0 unspecified atom stereocenters. The van der Waals surface area contributed by atoms with E-state index in [1.165, 1.54) is 0 Å². The average molecular weight is 199 g/mol. The highest BCUT2D eigenvalue weighted by molar-refractivity contribution is 5.96. The summed E-state index contributed by atoms with van der Waals surface area (Å²) in [6.45, 7) is 4.01. The largest absolute Gasteiger partial charge is 0.290 e. The SMILES string of the molecule is Cc1cn(C(=O)c2ccccc2)cc1C. The van der Waals surface area contributed by atoms with Crippen molar-refractivity contribution in [2.24, 2.45) is 0 Å². The van der Waals surface area contributed by atoms with E-state index in [0.717, 1.165) is 11.1 Å². The number of carbonyl (C=O) groups is 1. The number of rotatable bonds is 1. The summed E-state index contributed by atoms with van der Waals surface area (Å²) in [5.41, 5.74) is 2.99. The lowest BCUT2D eigenvalue weighted by Gasteiger charge is -2.00. The van der Waals surface area contributed by atoms with Gasteiger partial charge in [-0.3, -0.25) is 9.36 Å². The van der Waals surface area contributed by atoms with Gasteiger partial charge in [0.25, 0.3) is 5.91 Å². The molecule has 0 N–H and O–H groups in total. The molecule has 0 saturated heterocycles. The number of carbonyl (C=O) groups excluding carboxylic acids is 1. The van der Waals surface area contributed by atoms with Gasteiger partial charge in [-0.1, -0.05) is 18.2 Å². The van der Waals surface area contributed by atoms with Gasteiger partial charge in [-0.05, 0) is 37.1 Å². The minimum Gasteiger partial charge on any atom is -0.290 e. The van der Waals surface area contributed by atoms with Crippen LogP contribution in [0.4, 0.5) is 0 Å². The smallest absolute Gasteiger partial charge is 0.261 e. The Morgan fingerprint density at radius 2 is 1.53 bits per heavy atom. The Balaban J connectivity index is 2.37. The summed E-state index contributed by atoms with van der Waals surface area (Å²) in [4.78, 5) is 12.0. The fraction of sp³-hybridized carbons (Fsp3) is 0.154. The molecule has 76 valence electrons. The van der Waals surface area contributed by atoms with Gasteiger partial charge >= 0.3 is 0 Å². The van der Waals surface area contributed by atoms with E-state index in [-0.39, 0.29) is 5.91 Å². The van der Waals surface area contributed by atoms with Gasteiger partial charge in [0.1, 0.15) is 0 Å². The van der Waals surface area contributed by atoms with Crippen LogP contribution in [0, 0.1) is 13.8 Å². The number of aryl methyl sites for hydroxylation is 2. The Labute approximate surface area is 89.2 Å². The first-order valence-corrected chi connectivity index (χ1v) is 4.93. The van der Waals surface area contributed by atoms with E-state index in [0.29, 0.717) is 5.56 Å². The Bertz CT molecular complexity index is 463. The molecule has 1 heterocycles. The third kappa shape index (κ3) is 1.84. The van der Waals surface area contributed by atoms with Crippen molar-refractivity contribution in [3.63, 3.8) is 0 Å². The van der Waals surface area contributed by atoms with Crippen LogP contribution in [0.3, 0.4) is 0 Å². The summed E-state index contributed by atoms with van der Waals surface area (Å²) in [6.07, 6.45) is 3.73. The molecular formula is C13H13NO. The fourth-order valence-electron chi connectivity index (χ4n) is 1.51. The molecule has 1 aromatic heterocycles. The highest BCUT2D eigenvalue weighted by Crippen LogP contribution is 2.10. The molecule has 1 aromatic carbocycles. The van der Waals surface area contributed by atoms with Crippen LogP contribution in [-0.2, 0) is 0 Å². The van der Waals surface area contributed by atoms with Gasteiger partial charge in [-0.15, -0.1) is 0 Å². The zero-order valence-corrected chi connectivity index (χ0v) is 8.90. The van der Waals surface area contributed by atoms with Crippen LogP contribution in [0.5, 0.6) is 0 Å². The first kappa shape index (κ1) is 9.71. The molecule has 0 aliphatic rings. The standard InChI is InChI=1S/C13H13NO/c1-10-8-14(9-11(10)2)13(15)12-6-4-3-5-7-12/h3-9H,1-2H3. The molecule has 0 radical (unpaired) electrons. The van der Waals surface area contributed by atoms with Crippen LogP contribution >= 0.6 is 0 Å². The number of aromatic nitrogens is 1. The van der Waals surface area contributed by atoms with E-state index in [2.05, 4.69) is 0 Å².